The van der Waals surface area contributed by atoms with E-state index >= 15 is 0 Å². The number of benzene rings is 2. The number of likely N-dealkylation sites (tertiary alicyclic amines) is 1. The maximum absolute atomic E-state index is 12.9. The molecule has 4 saturated heterocycles. The molecule has 4 aliphatic heterocycles. The Hall–Kier alpha value is -6.53. The van der Waals surface area contributed by atoms with E-state index in [-0.39, 0.29) is 28.9 Å². The molecule has 3 N–H and O–H groups in total. The normalized spacial score (nSPS) is 21.6. The molecule has 0 spiro atoms. The van der Waals surface area contributed by atoms with E-state index in [9.17, 15) is 14.4 Å². The van der Waals surface area contributed by atoms with Crippen molar-refractivity contribution in [3.8, 4) is 0 Å². The van der Waals surface area contributed by atoms with Crippen molar-refractivity contribution >= 4 is 39.1 Å². The van der Waals surface area contributed by atoms with Crippen molar-refractivity contribution in [2.45, 2.75) is 69.7 Å². The number of aldehydes is 1. The molecule has 4 atom stereocenters. The summed E-state index contributed by atoms with van der Waals surface area (Å²) >= 11 is 0. The van der Waals surface area contributed by atoms with E-state index in [1.54, 1.807) is 27.6 Å². The van der Waals surface area contributed by atoms with Gasteiger partial charge in [-0.1, -0.05) is 50.2 Å². The van der Waals surface area contributed by atoms with E-state index in [0.29, 0.717) is 34.4 Å². The number of nitrogens with zero attached hydrogens (tertiary/aromatic N) is 9. The number of ether oxygens (including phenoxy) is 2. The number of imidazole rings is 2. The van der Waals surface area contributed by atoms with Crippen molar-refractivity contribution in [1.29, 1.82) is 0 Å². The molecule has 4 aliphatic rings. The summed E-state index contributed by atoms with van der Waals surface area (Å²) in [5.41, 5.74) is 4.65. The van der Waals surface area contributed by atoms with Gasteiger partial charge in [0.15, 0.2) is 17.3 Å². The van der Waals surface area contributed by atoms with Gasteiger partial charge in [-0.05, 0) is 73.9 Å². The van der Waals surface area contributed by atoms with Crippen LogP contribution >= 0.6 is 0 Å². The van der Waals surface area contributed by atoms with Gasteiger partial charge in [-0.15, -0.1) is 0 Å². The second kappa shape index (κ2) is 19.7. The van der Waals surface area contributed by atoms with Crippen LogP contribution in [0, 0.1) is 11.8 Å². The van der Waals surface area contributed by atoms with Crippen molar-refractivity contribution in [2.75, 3.05) is 52.6 Å². The summed E-state index contributed by atoms with van der Waals surface area (Å²) in [6.45, 7) is 11.9. The molecule has 346 valence electrons. The molecule has 0 saturated carbocycles. The lowest BCUT2D eigenvalue weighted by Crippen LogP contribution is -2.24. The molecular weight excluding hydrogens is 849 g/mol. The van der Waals surface area contributed by atoms with Crippen LogP contribution < -0.4 is 16.4 Å². The van der Waals surface area contributed by atoms with Gasteiger partial charge in [0.25, 0.3) is 11.1 Å². The number of para-hydroxylation sites is 1. The van der Waals surface area contributed by atoms with E-state index < -0.39 is 0 Å². The molecule has 17 nitrogen and oxygen atoms in total. The van der Waals surface area contributed by atoms with Crippen LogP contribution in [0.25, 0.3) is 32.8 Å². The minimum Gasteiger partial charge on any atom is -0.381 e. The Balaban J connectivity index is 0.000000132. The number of carbonyl (C=O) groups excluding carboxylic acids is 1. The molecule has 12 rings (SSSR count). The predicted molar refractivity (Wildman–Crippen MR) is 254 cm³/mol. The van der Waals surface area contributed by atoms with Gasteiger partial charge in [0.1, 0.15) is 23.3 Å². The standard InChI is InChI=1S/C25H28N6O2.C15H21N5O2.C10H7NO/c1-16-13-30(14-17-4-5-18-3-2-8-26-21(18)11-17)15-20(16)23-28-25(32)22-12-27-24(31(22)29-23)19-6-9-33-10-7-19;1-9-6-16-7-11(9)13-18-15(21)12-8-17-14(20(12)19-13)10-2-4-22-5-3-10;12-7-8-5-9-3-1-2-4-10(9)11-6-8/h2-5,8,11-12,16,19-20H,6-7,9-10,13-15H2,1H3,(H,28,29,32);8-11,16H,2-7H2,1H3,(H,18,19,21);1-7H. The fourth-order valence-electron chi connectivity index (χ4n) is 10.0. The Bertz CT molecular complexity index is 3130. The highest BCUT2D eigenvalue weighted by Gasteiger charge is 2.34. The summed E-state index contributed by atoms with van der Waals surface area (Å²) in [7, 11) is 0. The molecule has 17 heteroatoms. The lowest BCUT2D eigenvalue weighted by molar-refractivity contribution is 0.0831. The summed E-state index contributed by atoms with van der Waals surface area (Å²) in [4.78, 5) is 61.7. The molecule has 0 bridgehead atoms. The van der Waals surface area contributed by atoms with Crippen molar-refractivity contribution in [3.63, 3.8) is 0 Å². The summed E-state index contributed by atoms with van der Waals surface area (Å²) < 4.78 is 14.5. The van der Waals surface area contributed by atoms with Crippen LogP contribution in [0.5, 0.6) is 0 Å². The number of pyridine rings is 2. The van der Waals surface area contributed by atoms with Crippen LogP contribution in [0.4, 0.5) is 0 Å². The Morgan fingerprint density at radius 2 is 1.30 bits per heavy atom. The Morgan fingerprint density at radius 3 is 1.94 bits per heavy atom. The average molecular weight is 905 g/mol. The number of fused-ring (bicyclic) bond motifs is 4. The fraction of sp³-hybridized carbons (Fsp3) is 0.420. The molecule has 2 aromatic carbocycles. The highest BCUT2D eigenvalue weighted by Crippen LogP contribution is 2.33. The van der Waals surface area contributed by atoms with Gasteiger partial charge in [0.2, 0.25) is 0 Å². The number of nitrogens with one attached hydrogen (secondary N) is 3. The molecule has 0 aliphatic carbocycles. The molecule has 10 heterocycles. The van der Waals surface area contributed by atoms with Crippen molar-refractivity contribution in [3.05, 3.63) is 141 Å². The quantitative estimate of drug-likeness (QED) is 0.163. The van der Waals surface area contributed by atoms with Crippen LogP contribution in [0.2, 0.25) is 0 Å². The summed E-state index contributed by atoms with van der Waals surface area (Å²) in [6, 6.07) is 20.1. The van der Waals surface area contributed by atoms with Crippen molar-refractivity contribution < 1.29 is 14.3 Å². The smallest absolute Gasteiger partial charge is 0.276 e. The first-order valence-corrected chi connectivity index (χ1v) is 23.5. The van der Waals surface area contributed by atoms with Crippen LogP contribution in [0.15, 0.2) is 95.0 Å². The molecule has 6 aromatic heterocycles. The summed E-state index contributed by atoms with van der Waals surface area (Å²) in [6.07, 6.45) is 11.2. The third kappa shape index (κ3) is 9.54. The minimum absolute atomic E-state index is 0.102. The number of H-pyrrole nitrogens is 2. The minimum atomic E-state index is -0.114. The third-order valence-electron chi connectivity index (χ3n) is 13.8. The lowest BCUT2D eigenvalue weighted by atomic mass is 9.97. The number of aromatic nitrogens is 10. The molecule has 8 aromatic rings. The molecular formula is C50H56N12O5. The van der Waals surface area contributed by atoms with Gasteiger partial charge >= 0.3 is 0 Å². The average Bonchev–Trinajstić information content (AvgIpc) is 4.19. The molecule has 67 heavy (non-hydrogen) atoms. The highest BCUT2D eigenvalue weighted by molar-refractivity contribution is 5.85. The van der Waals surface area contributed by atoms with Gasteiger partial charge in [-0.2, -0.15) is 10.2 Å². The van der Waals surface area contributed by atoms with E-state index in [1.807, 2.05) is 42.6 Å². The third-order valence-corrected chi connectivity index (χ3v) is 13.8. The van der Waals surface area contributed by atoms with Crippen LogP contribution in [-0.4, -0.2) is 113 Å². The first-order valence-electron chi connectivity index (χ1n) is 23.5. The van der Waals surface area contributed by atoms with Gasteiger partial charge in [-0.3, -0.25) is 29.3 Å². The topological polar surface area (TPSA) is 203 Å². The maximum atomic E-state index is 12.9. The summed E-state index contributed by atoms with van der Waals surface area (Å²) in [5.74, 6) is 5.17. The number of rotatable bonds is 7. The largest absolute Gasteiger partial charge is 0.381 e. The molecule has 0 radical (unpaired) electrons. The van der Waals surface area contributed by atoms with E-state index in [4.69, 9.17) is 19.7 Å². The molecule has 4 fully saturated rings. The zero-order valence-corrected chi connectivity index (χ0v) is 37.9. The van der Waals surface area contributed by atoms with E-state index in [2.05, 4.69) is 78.2 Å². The van der Waals surface area contributed by atoms with Gasteiger partial charge in [0, 0.05) is 105 Å². The second-order valence-corrected chi connectivity index (χ2v) is 18.4. The zero-order valence-electron chi connectivity index (χ0n) is 37.9. The number of hydrogen-bond donors (Lipinski definition) is 3. The van der Waals surface area contributed by atoms with Crippen molar-refractivity contribution in [2.24, 2.45) is 11.8 Å². The maximum Gasteiger partial charge on any atom is 0.276 e. The predicted octanol–water partition coefficient (Wildman–Crippen LogP) is 5.78. The first kappa shape index (κ1) is 44.3. The van der Waals surface area contributed by atoms with E-state index in [1.165, 1.54) is 5.56 Å². The SMILES string of the molecule is CC1CN(Cc2ccc3cccnc3c2)CC1c1nn2c(C3CCOCC3)ncc2c(=O)[nH]1.CC1CNCC1c1nn2c(C3CCOCC3)ncc2c(=O)[nH]1.O=Cc1cnc2ccccc2c1. The Morgan fingerprint density at radius 1 is 0.657 bits per heavy atom. The first-order chi connectivity index (χ1) is 32.8. The fourth-order valence-corrected chi connectivity index (χ4v) is 10.0. The monoisotopic (exact) mass is 904 g/mol. The molecule has 0 amide bonds. The van der Waals surface area contributed by atoms with Gasteiger partial charge in [-0.25, -0.2) is 19.0 Å². The molecule has 4 unspecified atom stereocenters. The number of carbonyl (C=O) groups is 1. The van der Waals surface area contributed by atoms with E-state index in [0.717, 1.165) is 136 Å². The van der Waals surface area contributed by atoms with Crippen LogP contribution in [0.1, 0.15) is 102 Å². The zero-order chi connectivity index (χ0) is 45.9. The number of aromatic amines is 2. The second-order valence-electron chi connectivity index (χ2n) is 18.4. The van der Waals surface area contributed by atoms with Gasteiger partial charge < -0.3 is 24.8 Å². The summed E-state index contributed by atoms with van der Waals surface area (Å²) in [5, 5.41) is 15.1. The Kier molecular flexibility index (Phi) is 13.1. The van der Waals surface area contributed by atoms with Crippen LogP contribution in [0.3, 0.4) is 0 Å². The highest BCUT2D eigenvalue weighted by atomic mass is 16.5. The number of hydrogen-bond acceptors (Lipinski definition) is 13. The van der Waals surface area contributed by atoms with Crippen LogP contribution in [-0.2, 0) is 16.0 Å². The Labute approximate surface area is 386 Å². The van der Waals surface area contributed by atoms with Gasteiger partial charge in [0.05, 0.1) is 23.4 Å². The lowest BCUT2D eigenvalue weighted by Gasteiger charge is -2.21. The van der Waals surface area contributed by atoms with Crippen molar-refractivity contribution in [1.82, 2.24) is 59.3 Å².